The Kier molecular flexibility index (Phi) is 2.63. The van der Waals surface area contributed by atoms with Crippen LogP contribution in [0.2, 0.25) is 0 Å². The molecule has 0 spiro atoms. The maximum absolute atomic E-state index is 11.8. The minimum absolute atomic E-state index is 0.0794. The minimum Gasteiger partial charge on any atom is -0.371 e. The third kappa shape index (κ3) is 1.83. The number of nitro groups is 1. The number of nitrogens with zero attached hydrogens (tertiary/aromatic N) is 1. The van der Waals surface area contributed by atoms with Crippen LogP contribution >= 0.6 is 0 Å². The molecule has 4 rings (SSSR count). The SMILES string of the molecule is O=C1CC=C2c3cc(-c4ccc([N+](=O)[O-])cc4)ccc3NC12. The lowest BCUT2D eigenvalue weighted by molar-refractivity contribution is -0.384. The molecule has 0 bridgehead atoms. The van der Waals surface area contributed by atoms with Crippen LogP contribution in [0.1, 0.15) is 12.0 Å². The molecule has 0 fully saturated rings. The smallest absolute Gasteiger partial charge is 0.269 e. The highest BCUT2D eigenvalue weighted by Gasteiger charge is 2.35. The van der Waals surface area contributed by atoms with Gasteiger partial charge in [-0.3, -0.25) is 14.9 Å². The Morgan fingerprint density at radius 2 is 1.82 bits per heavy atom. The number of non-ortho nitro benzene ring substituents is 1. The Morgan fingerprint density at radius 3 is 2.55 bits per heavy atom. The van der Waals surface area contributed by atoms with Crippen molar-refractivity contribution in [1.29, 1.82) is 0 Å². The number of hydrogen-bond donors (Lipinski definition) is 1. The number of anilines is 1. The van der Waals surface area contributed by atoms with Crippen molar-refractivity contribution < 1.29 is 9.72 Å². The molecule has 1 atom stereocenters. The van der Waals surface area contributed by atoms with E-state index in [9.17, 15) is 14.9 Å². The second-order valence-electron chi connectivity index (χ2n) is 5.47. The number of Topliss-reactive ketones (excluding diaryl/α,β-unsaturated/α-hetero) is 1. The number of nitrogens with one attached hydrogen (secondary N) is 1. The summed E-state index contributed by atoms with van der Waals surface area (Å²) in [4.78, 5) is 22.1. The Morgan fingerprint density at radius 1 is 1.09 bits per heavy atom. The Balaban J connectivity index is 1.74. The molecule has 108 valence electrons. The minimum atomic E-state index is -0.407. The lowest BCUT2D eigenvalue weighted by Gasteiger charge is -2.06. The van der Waals surface area contributed by atoms with Gasteiger partial charge in [-0.15, -0.1) is 0 Å². The van der Waals surface area contributed by atoms with Gasteiger partial charge in [-0.05, 0) is 41.0 Å². The lowest BCUT2D eigenvalue weighted by Crippen LogP contribution is -2.21. The molecule has 0 aromatic heterocycles. The Labute approximate surface area is 126 Å². The summed E-state index contributed by atoms with van der Waals surface area (Å²) in [5.74, 6) is 0.197. The zero-order chi connectivity index (χ0) is 15.3. The molecule has 22 heavy (non-hydrogen) atoms. The summed E-state index contributed by atoms with van der Waals surface area (Å²) in [6.45, 7) is 0. The molecule has 5 nitrogen and oxygen atoms in total. The summed E-state index contributed by atoms with van der Waals surface area (Å²) in [6, 6.07) is 12.2. The maximum Gasteiger partial charge on any atom is 0.269 e. The summed E-state index contributed by atoms with van der Waals surface area (Å²) in [7, 11) is 0. The highest BCUT2D eigenvalue weighted by atomic mass is 16.6. The number of rotatable bonds is 2. The van der Waals surface area contributed by atoms with Gasteiger partial charge in [0.2, 0.25) is 0 Å². The van der Waals surface area contributed by atoms with Crippen LogP contribution in [0.25, 0.3) is 16.7 Å². The average Bonchev–Trinajstić information content (AvgIpc) is 3.07. The predicted molar refractivity (Wildman–Crippen MR) is 83.5 cm³/mol. The second kappa shape index (κ2) is 4.53. The lowest BCUT2D eigenvalue weighted by atomic mass is 9.98. The third-order valence-electron chi connectivity index (χ3n) is 4.20. The molecule has 0 saturated carbocycles. The zero-order valence-corrected chi connectivity index (χ0v) is 11.6. The maximum atomic E-state index is 11.8. The van der Waals surface area contributed by atoms with Gasteiger partial charge in [0.05, 0.1) is 4.92 Å². The van der Waals surface area contributed by atoms with Crippen LogP contribution < -0.4 is 5.32 Å². The molecule has 1 aliphatic carbocycles. The van der Waals surface area contributed by atoms with Crippen LogP contribution in [-0.4, -0.2) is 16.7 Å². The number of hydrogen-bond acceptors (Lipinski definition) is 4. The van der Waals surface area contributed by atoms with Gasteiger partial charge in [-0.25, -0.2) is 0 Å². The summed E-state index contributed by atoms with van der Waals surface area (Å²) in [6.07, 6.45) is 2.46. The third-order valence-corrected chi connectivity index (χ3v) is 4.20. The normalized spacial score (nSPS) is 18.5. The van der Waals surface area contributed by atoms with Crippen LogP contribution in [0.5, 0.6) is 0 Å². The van der Waals surface area contributed by atoms with Crippen LogP contribution in [0, 0.1) is 10.1 Å². The van der Waals surface area contributed by atoms with Gasteiger partial charge >= 0.3 is 0 Å². The van der Waals surface area contributed by atoms with E-state index in [0.717, 1.165) is 28.0 Å². The molecule has 0 radical (unpaired) electrons. The van der Waals surface area contributed by atoms with E-state index in [4.69, 9.17) is 0 Å². The standard InChI is InChI=1S/C17H12N2O3/c20-16-8-6-13-14-9-11(3-7-15(14)18-17(13)16)10-1-4-12(5-2-10)19(21)22/h1-7,9,17-18H,8H2. The summed E-state index contributed by atoms with van der Waals surface area (Å²) in [5.41, 5.74) is 5.04. The first-order valence-electron chi connectivity index (χ1n) is 7.02. The Hall–Kier alpha value is -2.95. The average molecular weight is 292 g/mol. The van der Waals surface area contributed by atoms with Crippen molar-refractivity contribution in [2.75, 3.05) is 5.32 Å². The van der Waals surface area contributed by atoms with Crippen molar-refractivity contribution in [2.24, 2.45) is 0 Å². The van der Waals surface area contributed by atoms with Gasteiger partial charge in [0.15, 0.2) is 5.78 Å². The fourth-order valence-corrected chi connectivity index (χ4v) is 3.06. The van der Waals surface area contributed by atoms with Crippen LogP contribution in [-0.2, 0) is 4.79 Å². The first-order chi connectivity index (χ1) is 10.6. The van der Waals surface area contributed by atoms with Crippen molar-refractivity contribution in [2.45, 2.75) is 12.5 Å². The number of allylic oxidation sites excluding steroid dienone is 1. The van der Waals surface area contributed by atoms with E-state index in [2.05, 4.69) is 5.32 Å². The van der Waals surface area contributed by atoms with E-state index < -0.39 is 4.92 Å². The molecule has 1 heterocycles. The van der Waals surface area contributed by atoms with Crippen LogP contribution in [0.15, 0.2) is 48.5 Å². The van der Waals surface area contributed by atoms with Gasteiger partial charge < -0.3 is 5.32 Å². The topological polar surface area (TPSA) is 72.2 Å². The number of carbonyl (C=O) groups excluding carboxylic acids is 1. The number of benzene rings is 2. The highest BCUT2D eigenvalue weighted by Crippen LogP contribution is 2.41. The fourth-order valence-electron chi connectivity index (χ4n) is 3.06. The van der Waals surface area contributed by atoms with E-state index in [-0.39, 0.29) is 17.5 Å². The van der Waals surface area contributed by atoms with Crippen molar-refractivity contribution >= 4 is 22.7 Å². The number of ketones is 1. The second-order valence-corrected chi connectivity index (χ2v) is 5.47. The number of fused-ring (bicyclic) bond motifs is 3. The molecule has 0 saturated heterocycles. The van der Waals surface area contributed by atoms with E-state index in [0.29, 0.717) is 6.42 Å². The molecular weight excluding hydrogens is 280 g/mol. The first-order valence-corrected chi connectivity index (χ1v) is 7.02. The summed E-state index contributed by atoms with van der Waals surface area (Å²) >= 11 is 0. The van der Waals surface area contributed by atoms with Crippen molar-refractivity contribution in [1.82, 2.24) is 0 Å². The van der Waals surface area contributed by atoms with E-state index >= 15 is 0 Å². The van der Waals surface area contributed by atoms with Crippen molar-refractivity contribution in [3.05, 3.63) is 64.2 Å². The van der Waals surface area contributed by atoms with E-state index in [1.165, 1.54) is 12.1 Å². The van der Waals surface area contributed by atoms with Gasteiger partial charge in [0.1, 0.15) is 6.04 Å². The first kappa shape index (κ1) is 12.8. The molecule has 2 aromatic rings. The zero-order valence-electron chi connectivity index (χ0n) is 11.6. The molecule has 5 heteroatoms. The molecular formula is C17H12N2O3. The van der Waals surface area contributed by atoms with Crippen molar-refractivity contribution in [3.8, 4) is 11.1 Å². The molecule has 1 unspecified atom stereocenters. The molecule has 1 aliphatic heterocycles. The molecule has 0 amide bonds. The van der Waals surface area contributed by atoms with Gasteiger partial charge in [-0.1, -0.05) is 12.1 Å². The molecule has 2 aliphatic rings. The van der Waals surface area contributed by atoms with E-state index in [1.54, 1.807) is 12.1 Å². The summed E-state index contributed by atoms with van der Waals surface area (Å²) in [5, 5.41) is 14.0. The highest BCUT2D eigenvalue weighted by molar-refractivity contribution is 6.10. The van der Waals surface area contributed by atoms with Crippen LogP contribution in [0.3, 0.4) is 0 Å². The quantitative estimate of drug-likeness (QED) is 0.680. The van der Waals surface area contributed by atoms with Crippen molar-refractivity contribution in [3.63, 3.8) is 0 Å². The van der Waals surface area contributed by atoms with Gasteiger partial charge in [-0.2, -0.15) is 0 Å². The van der Waals surface area contributed by atoms with E-state index in [1.807, 2.05) is 24.3 Å². The molecule has 2 aromatic carbocycles. The van der Waals surface area contributed by atoms with Gasteiger partial charge in [0.25, 0.3) is 5.69 Å². The monoisotopic (exact) mass is 292 g/mol. The molecule has 1 N–H and O–H groups in total. The Bertz CT molecular complexity index is 837. The van der Waals surface area contributed by atoms with Gasteiger partial charge in [0, 0.05) is 29.8 Å². The largest absolute Gasteiger partial charge is 0.371 e. The number of nitro benzene ring substituents is 1. The number of carbonyl (C=O) groups is 1. The van der Waals surface area contributed by atoms with Crippen LogP contribution in [0.4, 0.5) is 11.4 Å². The fraction of sp³-hybridized carbons (Fsp3) is 0.118. The predicted octanol–water partition coefficient (Wildman–Crippen LogP) is 3.41. The summed E-state index contributed by atoms with van der Waals surface area (Å²) < 4.78 is 0.